The summed E-state index contributed by atoms with van der Waals surface area (Å²) in [4.78, 5) is 12.4. The minimum Gasteiger partial charge on any atom is -0.591 e. The smallest absolute Gasteiger partial charge is 0.268 e. The lowest BCUT2D eigenvalue weighted by atomic mass is 10.2. The maximum atomic E-state index is 13.4. The molecule has 0 N–H and O–H groups in total. The van der Waals surface area contributed by atoms with E-state index >= 15 is 0 Å². The van der Waals surface area contributed by atoms with Crippen LogP contribution in [0, 0.1) is 9.39 Å². The van der Waals surface area contributed by atoms with Gasteiger partial charge in [-0.3, -0.25) is 9.20 Å². The number of halogens is 3. The average molecular weight is 513 g/mol. The first kappa shape index (κ1) is 18.9. The summed E-state index contributed by atoms with van der Waals surface area (Å²) in [7, 11) is 0. The largest absolute Gasteiger partial charge is 0.591 e. The zero-order valence-corrected chi connectivity index (χ0v) is 17.3. The molecular formula is C15H15BrFIN2O2S. The van der Waals surface area contributed by atoms with Crippen molar-refractivity contribution in [2.45, 2.75) is 31.9 Å². The first-order valence-corrected chi connectivity index (χ1v) is 9.73. The fourth-order valence-electron chi connectivity index (χ4n) is 1.84. The number of hydrogen-bond acceptors (Lipinski definition) is 3. The second-order valence-corrected chi connectivity index (χ2v) is 9.67. The minimum absolute atomic E-state index is 0.288. The van der Waals surface area contributed by atoms with Gasteiger partial charge < -0.3 is 4.55 Å². The summed E-state index contributed by atoms with van der Waals surface area (Å²) in [6, 6.07) is 2.85. The van der Waals surface area contributed by atoms with E-state index in [1.807, 2.05) is 43.4 Å². The van der Waals surface area contributed by atoms with Crippen molar-refractivity contribution in [1.29, 1.82) is 0 Å². The van der Waals surface area contributed by atoms with Crippen LogP contribution in [0.25, 0.3) is 5.52 Å². The van der Waals surface area contributed by atoms with Gasteiger partial charge in [-0.1, -0.05) is 4.40 Å². The van der Waals surface area contributed by atoms with Crippen LogP contribution >= 0.6 is 38.5 Å². The molecule has 2 aromatic heterocycles. The molecule has 2 heterocycles. The van der Waals surface area contributed by atoms with Crippen molar-refractivity contribution >= 4 is 61.6 Å². The van der Waals surface area contributed by atoms with Gasteiger partial charge in [-0.05, 0) is 77.0 Å². The lowest BCUT2D eigenvalue weighted by Crippen LogP contribution is -2.26. The summed E-state index contributed by atoms with van der Waals surface area (Å²) in [6.45, 7) is 5.53. The van der Waals surface area contributed by atoms with Crippen molar-refractivity contribution in [3.63, 3.8) is 0 Å². The zero-order valence-electron chi connectivity index (χ0n) is 12.8. The van der Waals surface area contributed by atoms with Gasteiger partial charge in [-0.15, -0.1) is 0 Å². The Balaban J connectivity index is 2.44. The molecule has 124 valence electrons. The van der Waals surface area contributed by atoms with Crippen molar-refractivity contribution in [2.75, 3.05) is 0 Å². The predicted octanol–water partition coefficient (Wildman–Crippen LogP) is 3.88. The number of fused-ring (bicyclic) bond motifs is 1. The Hall–Kier alpha value is -0.450. The molecular weight excluding hydrogens is 498 g/mol. The first-order chi connectivity index (χ1) is 10.6. The predicted molar refractivity (Wildman–Crippen MR) is 104 cm³/mol. The van der Waals surface area contributed by atoms with Gasteiger partial charge in [0.05, 0.1) is 15.3 Å². The fourth-order valence-corrected chi connectivity index (χ4v) is 4.17. The van der Waals surface area contributed by atoms with Gasteiger partial charge in [-0.25, -0.2) is 4.39 Å². The monoisotopic (exact) mass is 512 g/mol. The number of hydrogen-bond donors (Lipinski definition) is 0. The maximum absolute atomic E-state index is 13.4. The van der Waals surface area contributed by atoms with E-state index in [0.29, 0.717) is 20.0 Å². The van der Waals surface area contributed by atoms with E-state index in [0.717, 1.165) is 11.8 Å². The van der Waals surface area contributed by atoms with Gasteiger partial charge in [0, 0.05) is 17.1 Å². The standard InChI is InChI=1S/C15H15BrFIN2O2S/c1-15(2,3)23(22)19-7-6-10-12(16)11-5-4-9(17)8-20(11)14(21)13(10)18/h4-5,7-8H,6H2,1-3H3/t23-/m0/s1. The van der Waals surface area contributed by atoms with E-state index < -0.39 is 21.9 Å². The van der Waals surface area contributed by atoms with Crippen LogP contribution in [0.2, 0.25) is 0 Å². The molecule has 0 amide bonds. The van der Waals surface area contributed by atoms with E-state index in [-0.39, 0.29) is 5.56 Å². The highest BCUT2D eigenvalue weighted by Gasteiger charge is 2.25. The first-order valence-electron chi connectivity index (χ1n) is 6.75. The lowest BCUT2D eigenvalue weighted by Gasteiger charge is -2.17. The molecule has 8 heteroatoms. The molecule has 2 aromatic rings. The summed E-state index contributed by atoms with van der Waals surface area (Å²) in [5, 5.41) is 0. The second-order valence-electron chi connectivity index (χ2n) is 5.87. The van der Waals surface area contributed by atoms with Crippen molar-refractivity contribution in [3.05, 3.63) is 48.1 Å². The Bertz CT molecular complexity index is 833. The van der Waals surface area contributed by atoms with Crippen molar-refractivity contribution in [2.24, 2.45) is 4.40 Å². The van der Waals surface area contributed by atoms with Gasteiger partial charge in [0.2, 0.25) is 0 Å². The SMILES string of the molecule is CC(C)(C)[S@+]([O-])N=CCc1c(I)c(=O)n2cc(F)ccc2c1Br. The number of aromatic nitrogens is 1. The Labute approximate surface area is 158 Å². The van der Waals surface area contributed by atoms with E-state index in [9.17, 15) is 13.7 Å². The highest BCUT2D eigenvalue weighted by molar-refractivity contribution is 14.1. The van der Waals surface area contributed by atoms with E-state index in [1.54, 1.807) is 12.3 Å². The molecule has 0 saturated carbocycles. The minimum atomic E-state index is -1.34. The summed E-state index contributed by atoms with van der Waals surface area (Å²) in [5.74, 6) is -0.475. The normalized spacial score (nSPS) is 13.9. The molecule has 2 rings (SSSR count). The van der Waals surface area contributed by atoms with Crippen LogP contribution in [0.5, 0.6) is 0 Å². The van der Waals surface area contributed by atoms with Gasteiger partial charge in [0.15, 0.2) is 0 Å². The van der Waals surface area contributed by atoms with Crippen LogP contribution in [0.4, 0.5) is 4.39 Å². The molecule has 0 aromatic carbocycles. The molecule has 0 aliphatic rings. The number of nitrogens with zero attached hydrogens (tertiary/aromatic N) is 2. The molecule has 0 saturated heterocycles. The molecule has 0 unspecified atom stereocenters. The Morgan fingerprint density at radius 3 is 2.74 bits per heavy atom. The zero-order chi connectivity index (χ0) is 17.4. The van der Waals surface area contributed by atoms with Crippen LogP contribution in [-0.4, -0.2) is 19.9 Å². The maximum Gasteiger partial charge on any atom is 0.268 e. The van der Waals surface area contributed by atoms with Gasteiger partial charge in [0.25, 0.3) is 5.56 Å². The lowest BCUT2D eigenvalue weighted by molar-refractivity contribution is 0.561. The molecule has 0 aliphatic heterocycles. The van der Waals surface area contributed by atoms with Crippen molar-refractivity contribution in [1.82, 2.24) is 4.40 Å². The molecule has 4 nitrogen and oxygen atoms in total. The third-order valence-corrected chi connectivity index (χ3v) is 6.45. The van der Waals surface area contributed by atoms with Crippen LogP contribution in [0.1, 0.15) is 26.3 Å². The Kier molecular flexibility index (Phi) is 5.91. The molecule has 0 fully saturated rings. The van der Waals surface area contributed by atoms with Crippen LogP contribution in [0.3, 0.4) is 0 Å². The van der Waals surface area contributed by atoms with Crippen LogP contribution < -0.4 is 5.56 Å². The number of rotatable bonds is 3. The number of pyridine rings is 2. The third-order valence-electron chi connectivity index (χ3n) is 3.06. The van der Waals surface area contributed by atoms with E-state index in [1.165, 1.54) is 10.5 Å². The van der Waals surface area contributed by atoms with Crippen LogP contribution in [-0.2, 0) is 17.8 Å². The summed E-state index contributed by atoms with van der Waals surface area (Å²) < 4.78 is 31.4. The molecule has 0 bridgehead atoms. The van der Waals surface area contributed by atoms with Crippen molar-refractivity contribution < 1.29 is 8.94 Å². The third kappa shape index (κ3) is 4.15. The molecule has 0 aliphatic carbocycles. The van der Waals surface area contributed by atoms with Crippen molar-refractivity contribution in [3.8, 4) is 0 Å². The highest BCUT2D eigenvalue weighted by Crippen LogP contribution is 2.25. The Morgan fingerprint density at radius 1 is 1.48 bits per heavy atom. The second kappa shape index (κ2) is 7.20. The average Bonchev–Trinajstić information content (AvgIpc) is 2.47. The van der Waals surface area contributed by atoms with E-state index in [4.69, 9.17) is 0 Å². The highest BCUT2D eigenvalue weighted by atomic mass is 127. The van der Waals surface area contributed by atoms with E-state index in [2.05, 4.69) is 20.3 Å². The topological polar surface area (TPSA) is 56.9 Å². The van der Waals surface area contributed by atoms with Gasteiger partial charge >= 0.3 is 0 Å². The molecule has 1 atom stereocenters. The quantitative estimate of drug-likeness (QED) is 0.356. The van der Waals surface area contributed by atoms with Gasteiger partial charge in [0.1, 0.15) is 21.9 Å². The summed E-state index contributed by atoms with van der Waals surface area (Å²) in [5.41, 5.74) is 1.04. The molecule has 0 radical (unpaired) electrons. The van der Waals surface area contributed by atoms with Gasteiger partial charge in [-0.2, -0.15) is 0 Å². The Morgan fingerprint density at radius 2 is 2.13 bits per heavy atom. The molecule has 23 heavy (non-hydrogen) atoms. The molecule has 0 spiro atoms. The summed E-state index contributed by atoms with van der Waals surface area (Å²) >= 11 is 4.07. The fraction of sp³-hybridized carbons (Fsp3) is 0.333. The summed E-state index contributed by atoms with van der Waals surface area (Å²) in [6.07, 6.45) is 3.09. The van der Waals surface area contributed by atoms with Crippen LogP contribution in [0.15, 0.2) is 32.0 Å².